The Kier molecular flexibility index (Phi) is 3.53. The first-order valence-electron chi connectivity index (χ1n) is 4.53. The molecule has 1 aromatic rings. The van der Waals surface area contributed by atoms with Crippen LogP contribution in [0.3, 0.4) is 0 Å². The van der Waals surface area contributed by atoms with E-state index < -0.39 is 0 Å². The first-order valence-corrected chi connectivity index (χ1v) is 4.53. The monoisotopic (exact) mass is 197 g/mol. The van der Waals surface area contributed by atoms with Crippen LogP contribution in [0, 0.1) is 0 Å². The second-order valence-corrected chi connectivity index (χ2v) is 2.96. The standard InChI is InChI=1S/C9H15N3O2/c1-2-12(3-4-13)9(14)8-5-7(10)6-11-8/h5-6,11,13H,2-4,10H2,1H3. The number of rotatable bonds is 4. The lowest BCUT2D eigenvalue weighted by atomic mass is 10.3. The highest BCUT2D eigenvalue weighted by Gasteiger charge is 2.14. The van der Waals surface area contributed by atoms with Crippen molar-refractivity contribution in [1.29, 1.82) is 0 Å². The maximum absolute atomic E-state index is 11.7. The third kappa shape index (κ3) is 2.26. The minimum absolute atomic E-state index is 0.0320. The van der Waals surface area contributed by atoms with Crippen molar-refractivity contribution in [1.82, 2.24) is 9.88 Å². The van der Waals surface area contributed by atoms with E-state index in [1.165, 1.54) is 0 Å². The lowest BCUT2D eigenvalue weighted by Crippen LogP contribution is -2.33. The van der Waals surface area contributed by atoms with Gasteiger partial charge >= 0.3 is 0 Å². The maximum Gasteiger partial charge on any atom is 0.270 e. The van der Waals surface area contributed by atoms with Crippen molar-refractivity contribution in [3.8, 4) is 0 Å². The number of aliphatic hydroxyl groups excluding tert-OH is 1. The van der Waals surface area contributed by atoms with Gasteiger partial charge in [0, 0.05) is 25.0 Å². The largest absolute Gasteiger partial charge is 0.397 e. The molecule has 78 valence electrons. The summed E-state index contributed by atoms with van der Waals surface area (Å²) >= 11 is 0. The van der Waals surface area contributed by atoms with Gasteiger partial charge < -0.3 is 20.7 Å². The van der Waals surface area contributed by atoms with Crippen molar-refractivity contribution in [2.24, 2.45) is 0 Å². The first-order chi connectivity index (χ1) is 6.69. The summed E-state index contributed by atoms with van der Waals surface area (Å²) in [6, 6.07) is 1.59. The van der Waals surface area contributed by atoms with Crippen molar-refractivity contribution < 1.29 is 9.90 Å². The van der Waals surface area contributed by atoms with Crippen molar-refractivity contribution in [2.45, 2.75) is 6.92 Å². The molecule has 0 fully saturated rings. The minimum atomic E-state index is -0.141. The number of hydrogen-bond acceptors (Lipinski definition) is 3. The van der Waals surface area contributed by atoms with Crippen LogP contribution in [0.1, 0.15) is 17.4 Å². The molecule has 5 heteroatoms. The summed E-state index contributed by atoms with van der Waals surface area (Å²) in [5, 5.41) is 8.74. The molecule has 1 rings (SSSR count). The summed E-state index contributed by atoms with van der Waals surface area (Å²) in [5.74, 6) is -0.141. The van der Waals surface area contributed by atoms with Gasteiger partial charge in [0.1, 0.15) is 5.69 Å². The molecule has 0 aliphatic carbocycles. The fourth-order valence-corrected chi connectivity index (χ4v) is 1.23. The van der Waals surface area contributed by atoms with E-state index in [0.29, 0.717) is 24.5 Å². The fraction of sp³-hybridized carbons (Fsp3) is 0.444. The van der Waals surface area contributed by atoms with Crippen molar-refractivity contribution >= 4 is 11.6 Å². The van der Waals surface area contributed by atoms with Crippen LogP contribution < -0.4 is 5.73 Å². The molecule has 14 heavy (non-hydrogen) atoms. The Morgan fingerprint density at radius 2 is 2.43 bits per heavy atom. The molecule has 0 saturated heterocycles. The minimum Gasteiger partial charge on any atom is -0.397 e. The number of hydrogen-bond donors (Lipinski definition) is 3. The number of likely N-dealkylation sites (N-methyl/N-ethyl adjacent to an activating group) is 1. The Hall–Kier alpha value is -1.49. The second-order valence-electron chi connectivity index (χ2n) is 2.96. The number of nitrogen functional groups attached to an aromatic ring is 1. The number of aliphatic hydroxyl groups is 1. The second kappa shape index (κ2) is 4.66. The molecular formula is C9H15N3O2. The van der Waals surface area contributed by atoms with Crippen LogP contribution in [-0.2, 0) is 0 Å². The van der Waals surface area contributed by atoms with E-state index in [4.69, 9.17) is 10.8 Å². The van der Waals surface area contributed by atoms with Gasteiger partial charge in [-0.05, 0) is 13.0 Å². The zero-order chi connectivity index (χ0) is 10.6. The third-order valence-electron chi connectivity index (χ3n) is 1.97. The molecule has 1 aromatic heterocycles. The summed E-state index contributed by atoms with van der Waals surface area (Å²) < 4.78 is 0. The predicted molar refractivity (Wildman–Crippen MR) is 53.9 cm³/mol. The molecule has 1 heterocycles. The Labute approximate surface area is 82.5 Å². The van der Waals surface area contributed by atoms with Gasteiger partial charge in [-0.15, -0.1) is 0 Å². The molecule has 0 bridgehead atoms. The van der Waals surface area contributed by atoms with E-state index in [0.717, 1.165) is 0 Å². The van der Waals surface area contributed by atoms with Gasteiger partial charge in [0.05, 0.1) is 6.61 Å². The van der Waals surface area contributed by atoms with E-state index in [1.807, 2.05) is 6.92 Å². The molecule has 0 atom stereocenters. The van der Waals surface area contributed by atoms with Crippen LogP contribution in [-0.4, -0.2) is 40.6 Å². The van der Waals surface area contributed by atoms with Gasteiger partial charge in [-0.25, -0.2) is 0 Å². The van der Waals surface area contributed by atoms with Crippen molar-refractivity contribution in [3.63, 3.8) is 0 Å². The number of amides is 1. The molecule has 0 unspecified atom stereocenters. The van der Waals surface area contributed by atoms with Crippen LogP contribution in [0.25, 0.3) is 0 Å². The number of H-pyrrole nitrogens is 1. The molecule has 0 aliphatic heterocycles. The highest BCUT2D eigenvalue weighted by Crippen LogP contribution is 2.07. The van der Waals surface area contributed by atoms with Gasteiger partial charge in [-0.2, -0.15) is 0 Å². The summed E-state index contributed by atoms with van der Waals surface area (Å²) in [5.41, 5.74) is 6.47. The van der Waals surface area contributed by atoms with Gasteiger partial charge in [0.2, 0.25) is 0 Å². The quantitative estimate of drug-likeness (QED) is 0.638. The average molecular weight is 197 g/mol. The third-order valence-corrected chi connectivity index (χ3v) is 1.97. The molecule has 0 aliphatic rings. The Morgan fingerprint density at radius 3 is 2.86 bits per heavy atom. The van der Waals surface area contributed by atoms with Crippen LogP contribution in [0.4, 0.5) is 5.69 Å². The number of anilines is 1. The Morgan fingerprint density at radius 1 is 1.71 bits per heavy atom. The van der Waals surface area contributed by atoms with Gasteiger partial charge in [0.25, 0.3) is 5.91 Å². The zero-order valence-electron chi connectivity index (χ0n) is 8.16. The van der Waals surface area contributed by atoms with E-state index in [9.17, 15) is 4.79 Å². The summed E-state index contributed by atoms with van der Waals surface area (Å²) in [7, 11) is 0. The topological polar surface area (TPSA) is 82.3 Å². The van der Waals surface area contributed by atoms with E-state index in [1.54, 1.807) is 17.2 Å². The van der Waals surface area contributed by atoms with E-state index >= 15 is 0 Å². The lowest BCUT2D eigenvalue weighted by Gasteiger charge is -2.18. The number of carbonyl (C=O) groups excluding carboxylic acids is 1. The Bertz CT molecular complexity index is 309. The molecule has 5 nitrogen and oxygen atoms in total. The number of nitrogens with two attached hydrogens (primary N) is 1. The lowest BCUT2D eigenvalue weighted by molar-refractivity contribution is 0.0727. The van der Waals surface area contributed by atoms with E-state index in [2.05, 4.69) is 4.98 Å². The Balaban J connectivity index is 2.72. The van der Waals surface area contributed by atoms with E-state index in [-0.39, 0.29) is 12.5 Å². The highest BCUT2D eigenvalue weighted by molar-refractivity contribution is 5.93. The molecule has 0 aromatic carbocycles. The number of aromatic amines is 1. The molecule has 4 N–H and O–H groups in total. The SMILES string of the molecule is CCN(CCO)C(=O)c1cc(N)c[nH]1. The normalized spacial score (nSPS) is 10.1. The highest BCUT2D eigenvalue weighted by atomic mass is 16.3. The molecule has 1 amide bonds. The van der Waals surface area contributed by atoms with Crippen LogP contribution in [0.2, 0.25) is 0 Å². The number of carbonyl (C=O) groups is 1. The van der Waals surface area contributed by atoms with Crippen molar-refractivity contribution in [2.75, 3.05) is 25.4 Å². The summed E-state index contributed by atoms with van der Waals surface area (Å²) in [6.45, 7) is 2.74. The number of aromatic nitrogens is 1. The smallest absolute Gasteiger partial charge is 0.270 e. The first kappa shape index (κ1) is 10.6. The van der Waals surface area contributed by atoms with Crippen LogP contribution in [0.15, 0.2) is 12.3 Å². The predicted octanol–water partition coefficient (Wildman–Crippen LogP) is 0.0513. The molecule has 0 spiro atoms. The number of nitrogens with zero attached hydrogens (tertiary/aromatic N) is 1. The summed E-state index contributed by atoms with van der Waals surface area (Å²) in [4.78, 5) is 16.0. The summed E-state index contributed by atoms with van der Waals surface area (Å²) in [6.07, 6.45) is 1.57. The van der Waals surface area contributed by atoms with Gasteiger partial charge in [-0.3, -0.25) is 4.79 Å². The van der Waals surface area contributed by atoms with Gasteiger partial charge in [0.15, 0.2) is 0 Å². The number of nitrogens with one attached hydrogen (secondary N) is 1. The van der Waals surface area contributed by atoms with Crippen LogP contribution in [0.5, 0.6) is 0 Å². The van der Waals surface area contributed by atoms with Crippen LogP contribution >= 0.6 is 0 Å². The molecule has 0 saturated carbocycles. The van der Waals surface area contributed by atoms with Crippen molar-refractivity contribution in [3.05, 3.63) is 18.0 Å². The van der Waals surface area contributed by atoms with Gasteiger partial charge in [-0.1, -0.05) is 0 Å². The molecule has 0 radical (unpaired) electrons. The maximum atomic E-state index is 11.7. The fourth-order valence-electron chi connectivity index (χ4n) is 1.23. The zero-order valence-corrected chi connectivity index (χ0v) is 8.16. The average Bonchev–Trinajstić information content (AvgIpc) is 2.60. The molecular weight excluding hydrogens is 182 g/mol.